The third-order valence-electron chi connectivity index (χ3n) is 2.03. The lowest BCUT2D eigenvalue weighted by molar-refractivity contribution is 1.14. The van der Waals surface area contributed by atoms with E-state index in [-0.39, 0.29) is 0 Å². The van der Waals surface area contributed by atoms with E-state index in [9.17, 15) is 0 Å². The first-order valence-electron chi connectivity index (χ1n) is 5.53. The molecule has 0 unspecified atom stereocenters. The molecular weight excluding hydrogens is 194 g/mol. The molecule has 0 saturated carbocycles. The van der Waals surface area contributed by atoms with Crippen LogP contribution < -0.4 is 4.90 Å². The highest BCUT2D eigenvalue weighted by Gasteiger charge is 2.01. The Kier molecular flexibility index (Phi) is 7.60. The van der Waals surface area contributed by atoms with Crippen molar-refractivity contribution < 1.29 is 0 Å². The Bertz CT molecular complexity index is 336. The Morgan fingerprint density at radius 2 is 1.69 bits per heavy atom. The fourth-order valence-corrected chi connectivity index (χ4v) is 1.24. The van der Waals surface area contributed by atoms with Gasteiger partial charge in [0.1, 0.15) is 0 Å². The number of hydrogen-bond acceptors (Lipinski definition) is 1. The topological polar surface area (TPSA) is 3.24 Å². The van der Waals surface area contributed by atoms with E-state index in [1.54, 1.807) is 6.08 Å². The smallest absolute Gasteiger partial charge is 0.0408 e. The molecule has 1 heteroatoms. The van der Waals surface area contributed by atoms with E-state index in [2.05, 4.69) is 30.2 Å². The summed E-state index contributed by atoms with van der Waals surface area (Å²) in [6, 6.07) is 10.1. The molecule has 0 fully saturated rings. The minimum atomic E-state index is 1.03. The molecule has 0 amide bonds. The molecule has 0 aliphatic heterocycles. The predicted molar refractivity (Wildman–Crippen MR) is 74.7 cm³/mol. The lowest BCUT2D eigenvalue weighted by atomic mass is 10.2. The second-order valence-corrected chi connectivity index (χ2v) is 2.93. The number of para-hydroxylation sites is 1. The normalized spacial score (nSPS) is 9.81. The summed E-state index contributed by atoms with van der Waals surface area (Å²) in [6.07, 6.45) is 5.51. The van der Waals surface area contributed by atoms with E-state index in [1.807, 2.05) is 51.2 Å². The summed E-state index contributed by atoms with van der Waals surface area (Å²) in [5.74, 6) is 0. The van der Waals surface area contributed by atoms with Crippen molar-refractivity contribution in [3.8, 4) is 0 Å². The van der Waals surface area contributed by atoms with E-state index in [1.165, 1.54) is 0 Å². The Hall–Kier alpha value is -1.76. The summed E-state index contributed by atoms with van der Waals surface area (Å²) < 4.78 is 0. The van der Waals surface area contributed by atoms with E-state index < -0.39 is 0 Å². The molecule has 0 aliphatic carbocycles. The molecular formula is C15H21N. The molecule has 0 bridgehead atoms. The van der Waals surface area contributed by atoms with Crippen LogP contribution in [0.1, 0.15) is 13.8 Å². The molecule has 1 aromatic carbocycles. The van der Waals surface area contributed by atoms with E-state index >= 15 is 0 Å². The first-order valence-corrected chi connectivity index (χ1v) is 5.53. The number of allylic oxidation sites excluding steroid dienone is 3. The number of anilines is 1. The zero-order valence-corrected chi connectivity index (χ0v) is 10.5. The summed E-state index contributed by atoms with van der Waals surface area (Å²) in [5, 5.41) is 0. The van der Waals surface area contributed by atoms with Crippen molar-refractivity contribution in [3.63, 3.8) is 0 Å². The van der Waals surface area contributed by atoms with Crippen molar-refractivity contribution in [2.75, 3.05) is 11.9 Å². The van der Waals surface area contributed by atoms with Crippen LogP contribution in [0, 0.1) is 0 Å². The fourth-order valence-electron chi connectivity index (χ4n) is 1.24. The van der Waals surface area contributed by atoms with Gasteiger partial charge in [0.15, 0.2) is 0 Å². The van der Waals surface area contributed by atoms with Crippen LogP contribution in [0.2, 0.25) is 0 Å². The largest absolute Gasteiger partial charge is 0.345 e. The van der Waals surface area contributed by atoms with Crippen LogP contribution in [0.5, 0.6) is 0 Å². The van der Waals surface area contributed by atoms with Gasteiger partial charge in [0.05, 0.1) is 0 Å². The average Bonchev–Trinajstić information content (AvgIpc) is 2.38. The molecule has 0 aromatic heterocycles. The predicted octanol–water partition coefficient (Wildman–Crippen LogP) is 4.40. The maximum atomic E-state index is 3.77. The molecule has 1 nitrogen and oxygen atoms in total. The van der Waals surface area contributed by atoms with Gasteiger partial charge in [-0.1, -0.05) is 51.3 Å². The summed E-state index contributed by atoms with van der Waals surface area (Å²) >= 11 is 0. The summed E-state index contributed by atoms with van der Waals surface area (Å²) in [5.41, 5.74) is 2.17. The third kappa shape index (κ3) is 4.18. The van der Waals surface area contributed by atoms with Crippen molar-refractivity contribution in [1.82, 2.24) is 0 Å². The highest BCUT2D eigenvalue weighted by Crippen LogP contribution is 2.16. The second kappa shape index (κ2) is 8.54. The molecule has 0 saturated heterocycles. The minimum Gasteiger partial charge on any atom is -0.345 e. The van der Waals surface area contributed by atoms with Gasteiger partial charge in [-0.05, 0) is 24.3 Å². The SMILES string of the molecule is C=C/C=C(\C=C)N(C)c1ccccc1.CC. The van der Waals surface area contributed by atoms with E-state index in [0.717, 1.165) is 11.4 Å². The van der Waals surface area contributed by atoms with Crippen LogP contribution >= 0.6 is 0 Å². The monoisotopic (exact) mass is 215 g/mol. The van der Waals surface area contributed by atoms with Gasteiger partial charge in [-0.25, -0.2) is 0 Å². The summed E-state index contributed by atoms with van der Waals surface area (Å²) in [4.78, 5) is 2.06. The minimum absolute atomic E-state index is 1.03. The van der Waals surface area contributed by atoms with Crippen LogP contribution in [-0.4, -0.2) is 7.05 Å². The number of hydrogen-bond donors (Lipinski definition) is 0. The highest BCUT2D eigenvalue weighted by atomic mass is 15.1. The van der Waals surface area contributed by atoms with Crippen LogP contribution in [0.15, 0.2) is 67.4 Å². The lowest BCUT2D eigenvalue weighted by Gasteiger charge is -2.19. The maximum absolute atomic E-state index is 3.77. The quantitative estimate of drug-likeness (QED) is 0.673. The van der Waals surface area contributed by atoms with E-state index in [0.29, 0.717) is 0 Å². The van der Waals surface area contributed by atoms with Crippen molar-refractivity contribution in [1.29, 1.82) is 0 Å². The molecule has 0 N–H and O–H groups in total. The Morgan fingerprint density at radius 3 is 2.12 bits per heavy atom. The van der Waals surface area contributed by atoms with Crippen LogP contribution in [-0.2, 0) is 0 Å². The maximum Gasteiger partial charge on any atom is 0.0408 e. The average molecular weight is 215 g/mol. The molecule has 1 rings (SSSR count). The van der Waals surface area contributed by atoms with Crippen molar-refractivity contribution in [3.05, 3.63) is 67.4 Å². The molecule has 0 spiro atoms. The van der Waals surface area contributed by atoms with Crippen molar-refractivity contribution in [2.45, 2.75) is 13.8 Å². The first-order chi connectivity index (χ1) is 7.79. The van der Waals surface area contributed by atoms with Gasteiger partial charge < -0.3 is 4.90 Å². The molecule has 86 valence electrons. The molecule has 0 radical (unpaired) electrons. The van der Waals surface area contributed by atoms with Gasteiger partial charge in [0.2, 0.25) is 0 Å². The van der Waals surface area contributed by atoms with Crippen molar-refractivity contribution >= 4 is 5.69 Å². The Balaban J connectivity index is 0.00000106. The third-order valence-corrected chi connectivity index (χ3v) is 2.03. The summed E-state index contributed by atoms with van der Waals surface area (Å²) in [6.45, 7) is 11.4. The fraction of sp³-hybridized carbons (Fsp3) is 0.200. The van der Waals surface area contributed by atoms with Gasteiger partial charge in [-0.3, -0.25) is 0 Å². The van der Waals surface area contributed by atoms with Crippen LogP contribution in [0.4, 0.5) is 5.69 Å². The van der Waals surface area contributed by atoms with Crippen LogP contribution in [0.3, 0.4) is 0 Å². The van der Waals surface area contributed by atoms with E-state index in [4.69, 9.17) is 0 Å². The first kappa shape index (κ1) is 14.2. The number of benzene rings is 1. The Morgan fingerprint density at radius 1 is 1.12 bits per heavy atom. The standard InChI is InChI=1S/C13H15N.C2H6/c1-4-9-12(5-2)14(3)13-10-7-6-8-11-13;1-2/h4-11H,1-2H2,3H3;1-2H3/b12-9+;. The zero-order chi connectivity index (χ0) is 12.4. The summed E-state index contributed by atoms with van der Waals surface area (Å²) in [7, 11) is 2.01. The van der Waals surface area contributed by atoms with Gasteiger partial charge in [0, 0.05) is 18.4 Å². The molecule has 0 heterocycles. The highest BCUT2D eigenvalue weighted by molar-refractivity contribution is 5.53. The van der Waals surface area contributed by atoms with Gasteiger partial charge in [-0.15, -0.1) is 0 Å². The number of rotatable bonds is 4. The lowest BCUT2D eigenvalue weighted by Crippen LogP contribution is -2.14. The Labute approximate surface area is 99.4 Å². The molecule has 0 atom stereocenters. The number of nitrogens with zero attached hydrogens (tertiary/aromatic N) is 1. The van der Waals surface area contributed by atoms with Crippen LogP contribution in [0.25, 0.3) is 0 Å². The van der Waals surface area contributed by atoms with Gasteiger partial charge in [-0.2, -0.15) is 0 Å². The number of likely N-dealkylation sites (N-methyl/N-ethyl adjacent to an activating group) is 1. The molecule has 0 aliphatic rings. The molecule has 16 heavy (non-hydrogen) atoms. The van der Waals surface area contributed by atoms with Gasteiger partial charge in [0.25, 0.3) is 0 Å². The molecule has 1 aromatic rings. The van der Waals surface area contributed by atoms with Gasteiger partial charge >= 0.3 is 0 Å². The van der Waals surface area contributed by atoms with Crippen molar-refractivity contribution in [2.24, 2.45) is 0 Å². The second-order valence-electron chi connectivity index (χ2n) is 2.93. The zero-order valence-electron chi connectivity index (χ0n) is 10.5.